The van der Waals surface area contributed by atoms with Gasteiger partial charge in [-0.15, -0.1) is 0 Å². The third-order valence-electron chi connectivity index (χ3n) is 3.12. The standard InChI is InChI=1S/C16H11F3N2O/c17-16(18,19)13-6-2-5-12-14(7-8-21-15(12)13)22-11-4-1-3-10(20)9-11/h1-9H,20H2. The zero-order valence-electron chi connectivity index (χ0n) is 11.3. The van der Waals surface area contributed by atoms with Crippen molar-refractivity contribution in [2.75, 3.05) is 5.73 Å². The van der Waals surface area contributed by atoms with E-state index in [-0.39, 0.29) is 5.52 Å². The molecule has 2 N–H and O–H groups in total. The third kappa shape index (κ3) is 2.67. The Labute approximate surface area is 124 Å². The molecule has 1 heterocycles. The Morgan fingerprint density at radius 2 is 1.77 bits per heavy atom. The van der Waals surface area contributed by atoms with Crippen LogP contribution in [0.3, 0.4) is 0 Å². The van der Waals surface area contributed by atoms with Gasteiger partial charge >= 0.3 is 6.18 Å². The second-order valence-electron chi connectivity index (χ2n) is 4.68. The number of halogens is 3. The summed E-state index contributed by atoms with van der Waals surface area (Å²) in [7, 11) is 0. The fourth-order valence-corrected chi connectivity index (χ4v) is 2.17. The van der Waals surface area contributed by atoms with Gasteiger partial charge in [-0.2, -0.15) is 13.2 Å². The summed E-state index contributed by atoms with van der Waals surface area (Å²) < 4.78 is 44.7. The van der Waals surface area contributed by atoms with E-state index in [1.165, 1.54) is 18.3 Å². The second-order valence-corrected chi connectivity index (χ2v) is 4.68. The molecule has 0 aliphatic carbocycles. The lowest BCUT2D eigenvalue weighted by Crippen LogP contribution is -2.06. The van der Waals surface area contributed by atoms with E-state index in [9.17, 15) is 13.2 Å². The molecule has 0 fully saturated rings. The van der Waals surface area contributed by atoms with E-state index < -0.39 is 11.7 Å². The number of pyridine rings is 1. The highest BCUT2D eigenvalue weighted by atomic mass is 19.4. The number of nitrogens with two attached hydrogens (primary N) is 1. The average Bonchev–Trinajstić information content (AvgIpc) is 2.46. The zero-order valence-corrected chi connectivity index (χ0v) is 11.3. The quantitative estimate of drug-likeness (QED) is 0.702. The van der Waals surface area contributed by atoms with Crippen molar-refractivity contribution in [3.8, 4) is 11.5 Å². The molecule has 3 rings (SSSR count). The van der Waals surface area contributed by atoms with Gasteiger partial charge in [0.05, 0.1) is 11.1 Å². The summed E-state index contributed by atoms with van der Waals surface area (Å²) >= 11 is 0. The van der Waals surface area contributed by atoms with E-state index in [4.69, 9.17) is 10.5 Å². The molecule has 0 radical (unpaired) electrons. The molecule has 2 aromatic carbocycles. The Morgan fingerprint density at radius 1 is 1.00 bits per heavy atom. The van der Waals surface area contributed by atoms with E-state index in [1.54, 1.807) is 30.3 Å². The van der Waals surface area contributed by atoms with Crippen molar-refractivity contribution >= 4 is 16.6 Å². The van der Waals surface area contributed by atoms with Crippen LogP contribution in [0.15, 0.2) is 54.7 Å². The number of rotatable bonds is 2. The summed E-state index contributed by atoms with van der Waals surface area (Å²) in [6.45, 7) is 0. The predicted molar refractivity (Wildman–Crippen MR) is 77.7 cm³/mol. The van der Waals surface area contributed by atoms with Gasteiger partial charge in [-0.1, -0.05) is 12.1 Å². The lowest BCUT2D eigenvalue weighted by molar-refractivity contribution is -0.136. The second kappa shape index (κ2) is 5.22. The first kappa shape index (κ1) is 14.2. The molecule has 0 saturated heterocycles. The smallest absolute Gasteiger partial charge is 0.418 e. The third-order valence-corrected chi connectivity index (χ3v) is 3.12. The van der Waals surface area contributed by atoms with Crippen molar-refractivity contribution in [1.29, 1.82) is 0 Å². The van der Waals surface area contributed by atoms with Crippen LogP contribution in [-0.4, -0.2) is 4.98 Å². The SMILES string of the molecule is Nc1cccc(Oc2ccnc3c(C(F)(F)F)cccc23)c1. The number of para-hydroxylation sites is 1. The van der Waals surface area contributed by atoms with Gasteiger partial charge in [0.1, 0.15) is 11.5 Å². The minimum atomic E-state index is -4.47. The van der Waals surface area contributed by atoms with Gasteiger partial charge in [0, 0.05) is 23.3 Å². The highest BCUT2D eigenvalue weighted by molar-refractivity contribution is 5.88. The first-order chi connectivity index (χ1) is 10.4. The van der Waals surface area contributed by atoms with E-state index in [1.807, 2.05) is 0 Å². The Bertz CT molecular complexity index is 831. The largest absolute Gasteiger partial charge is 0.457 e. The van der Waals surface area contributed by atoms with Crippen LogP contribution in [0.1, 0.15) is 5.56 Å². The minimum absolute atomic E-state index is 0.142. The lowest BCUT2D eigenvalue weighted by Gasteiger charge is -2.12. The maximum absolute atomic E-state index is 13.0. The van der Waals surface area contributed by atoms with E-state index in [2.05, 4.69) is 4.98 Å². The fourth-order valence-electron chi connectivity index (χ4n) is 2.17. The number of nitrogen functional groups attached to an aromatic ring is 1. The van der Waals surface area contributed by atoms with Crippen LogP contribution in [0.5, 0.6) is 11.5 Å². The van der Waals surface area contributed by atoms with Gasteiger partial charge in [-0.3, -0.25) is 4.98 Å². The van der Waals surface area contributed by atoms with Gasteiger partial charge in [0.15, 0.2) is 0 Å². The van der Waals surface area contributed by atoms with Gasteiger partial charge in [0.25, 0.3) is 0 Å². The normalized spacial score (nSPS) is 11.6. The predicted octanol–water partition coefficient (Wildman–Crippen LogP) is 4.63. The van der Waals surface area contributed by atoms with Crippen molar-refractivity contribution in [2.45, 2.75) is 6.18 Å². The van der Waals surface area contributed by atoms with Gasteiger partial charge in [0.2, 0.25) is 0 Å². The van der Waals surface area contributed by atoms with Crippen molar-refractivity contribution in [3.63, 3.8) is 0 Å². The molecule has 6 heteroatoms. The molecule has 112 valence electrons. The van der Waals surface area contributed by atoms with Crippen molar-refractivity contribution in [2.24, 2.45) is 0 Å². The number of hydrogen-bond donors (Lipinski definition) is 1. The molecule has 0 amide bonds. The number of fused-ring (bicyclic) bond motifs is 1. The van der Waals surface area contributed by atoms with Crippen LogP contribution in [-0.2, 0) is 6.18 Å². The topological polar surface area (TPSA) is 48.1 Å². The Kier molecular flexibility index (Phi) is 3.36. The number of anilines is 1. The molecule has 22 heavy (non-hydrogen) atoms. The van der Waals surface area contributed by atoms with Crippen molar-refractivity contribution < 1.29 is 17.9 Å². The van der Waals surface area contributed by atoms with Crippen LogP contribution >= 0.6 is 0 Å². The Morgan fingerprint density at radius 3 is 2.50 bits per heavy atom. The van der Waals surface area contributed by atoms with Crippen molar-refractivity contribution in [1.82, 2.24) is 4.98 Å². The molecule has 0 unspecified atom stereocenters. The molecule has 0 saturated carbocycles. The number of alkyl halides is 3. The molecule has 3 aromatic rings. The van der Waals surface area contributed by atoms with Crippen LogP contribution in [0.25, 0.3) is 10.9 Å². The number of hydrogen-bond acceptors (Lipinski definition) is 3. The molecule has 1 aromatic heterocycles. The van der Waals surface area contributed by atoms with Gasteiger partial charge < -0.3 is 10.5 Å². The Balaban J connectivity index is 2.12. The van der Waals surface area contributed by atoms with Crippen molar-refractivity contribution in [3.05, 3.63) is 60.3 Å². The van der Waals surface area contributed by atoms with Gasteiger partial charge in [-0.05, 0) is 30.3 Å². The lowest BCUT2D eigenvalue weighted by atomic mass is 10.1. The number of nitrogens with zero attached hydrogens (tertiary/aromatic N) is 1. The summed E-state index contributed by atoms with van der Waals surface area (Å²) in [5, 5.41) is 0.291. The molecular formula is C16H11F3N2O. The van der Waals surface area contributed by atoms with Crippen LogP contribution < -0.4 is 10.5 Å². The minimum Gasteiger partial charge on any atom is -0.457 e. The molecule has 0 aliphatic rings. The van der Waals surface area contributed by atoms with E-state index >= 15 is 0 Å². The summed E-state index contributed by atoms with van der Waals surface area (Å²) in [4.78, 5) is 3.84. The molecule has 0 spiro atoms. The summed E-state index contributed by atoms with van der Waals surface area (Å²) in [5.74, 6) is 0.742. The maximum atomic E-state index is 13.0. The molecule has 0 aliphatic heterocycles. The van der Waals surface area contributed by atoms with Crippen LogP contribution in [0, 0.1) is 0 Å². The highest BCUT2D eigenvalue weighted by Crippen LogP contribution is 2.37. The first-order valence-corrected chi connectivity index (χ1v) is 6.43. The number of aromatic nitrogens is 1. The maximum Gasteiger partial charge on any atom is 0.418 e. The van der Waals surface area contributed by atoms with E-state index in [0.717, 1.165) is 6.07 Å². The first-order valence-electron chi connectivity index (χ1n) is 6.43. The van der Waals surface area contributed by atoms with E-state index in [0.29, 0.717) is 22.6 Å². The molecule has 0 bridgehead atoms. The monoisotopic (exact) mass is 304 g/mol. The Hall–Kier alpha value is -2.76. The number of ether oxygens (including phenoxy) is 1. The zero-order chi connectivity index (χ0) is 15.7. The molecule has 0 atom stereocenters. The summed E-state index contributed by atoms with van der Waals surface area (Å²) in [5.41, 5.74) is 5.24. The summed E-state index contributed by atoms with van der Waals surface area (Å²) in [6.07, 6.45) is -3.18. The highest BCUT2D eigenvalue weighted by Gasteiger charge is 2.33. The summed E-state index contributed by atoms with van der Waals surface area (Å²) in [6, 6.07) is 12.1. The van der Waals surface area contributed by atoms with Gasteiger partial charge in [-0.25, -0.2) is 0 Å². The molecular weight excluding hydrogens is 293 g/mol. The number of benzene rings is 2. The van der Waals surface area contributed by atoms with Crippen LogP contribution in [0.4, 0.5) is 18.9 Å². The van der Waals surface area contributed by atoms with Crippen LogP contribution in [0.2, 0.25) is 0 Å². The molecule has 3 nitrogen and oxygen atoms in total. The fraction of sp³-hybridized carbons (Fsp3) is 0.0625. The average molecular weight is 304 g/mol.